The number of nitrogens with zero attached hydrogens (tertiary/aromatic N) is 3. The van der Waals surface area contributed by atoms with Crippen LogP contribution in [-0.2, 0) is 6.54 Å². The minimum atomic E-state index is -0.826. The summed E-state index contributed by atoms with van der Waals surface area (Å²) in [5.74, 6) is 0. The number of hydrogen-bond acceptors (Lipinski definition) is 3. The monoisotopic (exact) mass is 288 g/mol. The van der Waals surface area contributed by atoms with Crippen molar-refractivity contribution in [1.29, 1.82) is 0 Å². The van der Waals surface area contributed by atoms with Crippen LogP contribution in [0.5, 0.6) is 0 Å². The SMILES string of the molecule is Cc1cc(C)n(CC[C@@H]2CN(C(=O)O)CCN2)n1.Cl. The average molecular weight is 289 g/mol. The second-order valence-corrected chi connectivity index (χ2v) is 4.82. The third-order valence-electron chi connectivity index (χ3n) is 3.32. The van der Waals surface area contributed by atoms with E-state index in [1.54, 1.807) is 0 Å². The molecule has 1 aromatic rings. The molecule has 1 amide bonds. The van der Waals surface area contributed by atoms with E-state index in [0.29, 0.717) is 13.1 Å². The summed E-state index contributed by atoms with van der Waals surface area (Å²) in [7, 11) is 0. The summed E-state index contributed by atoms with van der Waals surface area (Å²) in [6, 6.07) is 2.27. The van der Waals surface area contributed by atoms with E-state index in [-0.39, 0.29) is 18.4 Å². The second kappa shape index (κ2) is 6.77. The molecule has 0 bridgehead atoms. The van der Waals surface area contributed by atoms with Crippen LogP contribution in [0.1, 0.15) is 17.8 Å². The molecule has 2 heterocycles. The number of hydrogen-bond donors (Lipinski definition) is 2. The minimum absolute atomic E-state index is 0. The molecule has 7 heteroatoms. The molecule has 0 aromatic carbocycles. The fraction of sp³-hybridized carbons (Fsp3) is 0.667. The number of aryl methyl sites for hydroxylation is 3. The van der Waals surface area contributed by atoms with Crippen molar-refractivity contribution in [3.63, 3.8) is 0 Å². The number of carbonyl (C=O) groups is 1. The highest BCUT2D eigenvalue weighted by Crippen LogP contribution is 2.07. The average Bonchev–Trinajstić information content (AvgIpc) is 2.65. The predicted octanol–water partition coefficient (Wildman–Crippen LogP) is 1.26. The molecular formula is C12H21ClN4O2. The van der Waals surface area contributed by atoms with Gasteiger partial charge in [0.15, 0.2) is 0 Å². The third kappa shape index (κ3) is 4.11. The number of halogens is 1. The van der Waals surface area contributed by atoms with Crippen LogP contribution < -0.4 is 5.32 Å². The first-order valence-corrected chi connectivity index (χ1v) is 6.28. The van der Waals surface area contributed by atoms with Gasteiger partial charge in [0.25, 0.3) is 0 Å². The minimum Gasteiger partial charge on any atom is -0.465 e. The molecule has 0 unspecified atom stereocenters. The van der Waals surface area contributed by atoms with Gasteiger partial charge in [0.2, 0.25) is 0 Å². The van der Waals surface area contributed by atoms with Crippen molar-refractivity contribution in [1.82, 2.24) is 20.0 Å². The normalized spacial score (nSPS) is 19.1. The van der Waals surface area contributed by atoms with Crippen LogP contribution in [0.3, 0.4) is 0 Å². The Labute approximate surface area is 119 Å². The molecule has 0 spiro atoms. The van der Waals surface area contributed by atoms with E-state index in [1.807, 2.05) is 18.5 Å². The summed E-state index contributed by atoms with van der Waals surface area (Å²) in [5.41, 5.74) is 2.18. The summed E-state index contributed by atoms with van der Waals surface area (Å²) in [5, 5.41) is 16.7. The van der Waals surface area contributed by atoms with Crippen LogP contribution in [0.2, 0.25) is 0 Å². The van der Waals surface area contributed by atoms with Gasteiger partial charge in [0.05, 0.1) is 5.69 Å². The number of piperazine rings is 1. The Bertz CT molecular complexity index is 435. The zero-order chi connectivity index (χ0) is 13.1. The maximum atomic E-state index is 10.9. The van der Waals surface area contributed by atoms with E-state index in [0.717, 1.165) is 30.9 Å². The lowest BCUT2D eigenvalue weighted by molar-refractivity contribution is 0.126. The van der Waals surface area contributed by atoms with E-state index in [9.17, 15) is 4.79 Å². The van der Waals surface area contributed by atoms with Crippen molar-refractivity contribution in [2.45, 2.75) is 32.9 Å². The van der Waals surface area contributed by atoms with Crippen molar-refractivity contribution in [3.05, 3.63) is 17.5 Å². The van der Waals surface area contributed by atoms with Crippen LogP contribution >= 0.6 is 12.4 Å². The van der Waals surface area contributed by atoms with Crippen molar-refractivity contribution in [2.75, 3.05) is 19.6 Å². The number of nitrogens with one attached hydrogen (secondary N) is 1. The molecule has 19 heavy (non-hydrogen) atoms. The predicted molar refractivity (Wildman–Crippen MR) is 75.0 cm³/mol. The van der Waals surface area contributed by atoms with E-state index >= 15 is 0 Å². The molecule has 0 radical (unpaired) electrons. The molecule has 2 N–H and O–H groups in total. The molecule has 1 fully saturated rings. The largest absolute Gasteiger partial charge is 0.465 e. The Morgan fingerprint density at radius 3 is 2.89 bits per heavy atom. The zero-order valence-corrected chi connectivity index (χ0v) is 12.1. The zero-order valence-electron chi connectivity index (χ0n) is 11.3. The second-order valence-electron chi connectivity index (χ2n) is 4.82. The smallest absolute Gasteiger partial charge is 0.407 e. The third-order valence-corrected chi connectivity index (χ3v) is 3.32. The number of aromatic nitrogens is 2. The number of amides is 1. The van der Waals surface area contributed by atoms with Gasteiger partial charge in [-0.05, 0) is 26.3 Å². The summed E-state index contributed by atoms with van der Waals surface area (Å²) < 4.78 is 1.98. The molecule has 1 aliphatic heterocycles. The Morgan fingerprint density at radius 2 is 2.32 bits per heavy atom. The maximum Gasteiger partial charge on any atom is 0.407 e. The molecule has 0 saturated carbocycles. The first-order chi connectivity index (χ1) is 8.56. The van der Waals surface area contributed by atoms with Gasteiger partial charge in [-0.3, -0.25) is 4.68 Å². The molecule has 1 saturated heterocycles. The summed E-state index contributed by atoms with van der Waals surface area (Å²) in [6.07, 6.45) is 0.0683. The molecule has 6 nitrogen and oxygen atoms in total. The lowest BCUT2D eigenvalue weighted by atomic mass is 10.1. The topological polar surface area (TPSA) is 70.4 Å². The Hall–Kier alpha value is -1.27. The fourth-order valence-electron chi connectivity index (χ4n) is 2.37. The summed E-state index contributed by atoms with van der Waals surface area (Å²) in [4.78, 5) is 12.4. The fourth-order valence-corrected chi connectivity index (χ4v) is 2.37. The number of carboxylic acid groups (broad SMARTS) is 1. The van der Waals surface area contributed by atoms with Gasteiger partial charge in [-0.15, -0.1) is 12.4 Å². The molecule has 1 aromatic heterocycles. The summed E-state index contributed by atoms with van der Waals surface area (Å²) in [6.45, 7) is 6.71. The first-order valence-electron chi connectivity index (χ1n) is 6.28. The van der Waals surface area contributed by atoms with Crippen LogP contribution in [-0.4, -0.2) is 51.6 Å². The van der Waals surface area contributed by atoms with E-state index < -0.39 is 6.09 Å². The Kier molecular flexibility index (Phi) is 5.62. The molecular weight excluding hydrogens is 268 g/mol. The first kappa shape index (κ1) is 15.8. The van der Waals surface area contributed by atoms with E-state index in [1.165, 1.54) is 4.90 Å². The van der Waals surface area contributed by atoms with Gasteiger partial charge in [0.1, 0.15) is 0 Å². The van der Waals surface area contributed by atoms with E-state index in [4.69, 9.17) is 5.11 Å². The molecule has 2 rings (SSSR count). The van der Waals surface area contributed by atoms with Crippen molar-refractivity contribution in [3.8, 4) is 0 Å². The van der Waals surface area contributed by atoms with Gasteiger partial charge < -0.3 is 15.3 Å². The van der Waals surface area contributed by atoms with Crippen molar-refractivity contribution >= 4 is 18.5 Å². The lowest BCUT2D eigenvalue weighted by Gasteiger charge is -2.31. The standard InChI is InChI=1S/C12H20N4O2.ClH/c1-9-7-10(2)16(14-9)5-3-11-8-15(12(17)18)6-4-13-11;/h7,11,13H,3-6,8H2,1-2H3,(H,17,18);1H/t11-;/m1./s1. The van der Waals surface area contributed by atoms with Gasteiger partial charge >= 0.3 is 6.09 Å². The summed E-state index contributed by atoms with van der Waals surface area (Å²) >= 11 is 0. The highest BCUT2D eigenvalue weighted by atomic mass is 35.5. The lowest BCUT2D eigenvalue weighted by Crippen LogP contribution is -2.52. The quantitative estimate of drug-likeness (QED) is 0.879. The Balaban J connectivity index is 0.00000180. The van der Waals surface area contributed by atoms with Crippen molar-refractivity contribution in [2.24, 2.45) is 0 Å². The van der Waals surface area contributed by atoms with Gasteiger partial charge in [0, 0.05) is 37.9 Å². The van der Waals surface area contributed by atoms with Crippen LogP contribution in [0.15, 0.2) is 6.07 Å². The van der Waals surface area contributed by atoms with E-state index in [2.05, 4.69) is 16.5 Å². The molecule has 0 aliphatic carbocycles. The Morgan fingerprint density at radius 1 is 1.58 bits per heavy atom. The highest BCUT2D eigenvalue weighted by Gasteiger charge is 2.22. The van der Waals surface area contributed by atoms with Gasteiger partial charge in [-0.2, -0.15) is 5.10 Å². The highest BCUT2D eigenvalue weighted by molar-refractivity contribution is 5.85. The van der Waals surface area contributed by atoms with Crippen LogP contribution in [0.4, 0.5) is 4.79 Å². The van der Waals surface area contributed by atoms with Crippen LogP contribution in [0, 0.1) is 13.8 Å². The number of rotatable bonds is 3. The maximum absolute atomic E-state index is 10.9. The molecule has 1 atom stereocenters. The molecule has 1 aliphatic rings. The molecule has 108 valence electrons. The van der Waals surface area contributed by atoms with Crippen molar-refractivity contribution < 1.29 is 9.90 Å². The van der Waals surface area contributed by atoms with Gasteiger partial charge in [-0.1, -0.05) is 0 Å². The van der Waals surface area contributed by atoms with Gasteiger partial charge in [-0.25, -0.2) is 4.79 Å². The van der Waals surface area contributed by atoms with Crippen LogP contribution in [0.25, 0.3) is 0 Å².